The van der Waals surface area contributed by atoms with E-state index in [-0.39, 0.29) is 29.9 Å². The lowest BCUT2D eigenvalue weighted by atomic mass is 10.1. The van der Waals surface area contributed by atoms with Crippen LogP contribution in [0.5, 0.6) is 5.75 Å². The van der Waals surface area contributed by atoms with Gasteiger partial charge in [0.1, 0.15) is 5.75 Å². The highest BCUT2D eigenvalue weighted by Gasteiger charge is 2.43. The molecule has 0 radical (unpaired) electrons. The van der Waals surface area contributed by atoms with Gasteiger partial charge in [0.05, 0.1) is 12.6 Å². The van der Waals surface area contributed by atoms with Gasteiger partial charge in [-0.2, -0.15) is 0 Å². The summed E-state index contributed by atoms with van der Waals surface area (Å²) < 4.78 is 5.48. The van der Waals surface area contributed by atoms with E-state index in [4.69, 9.17) is 4.74 Å². The van der Waals surface area contributed by atoms with Crippen molar-refractivity contribution in [3.8, 4) is 5.75 Å². The molecule has 3 rings (SSSR count). The van der Waals surface area contributed by atoms with Crippen LogP contribution in [-0.4, -0.2) is 59.4 Å². The Morgan fingerprint density at radius 2 is 2.00 bits per heavy atom. The molecule has 2 aliphatic rings. The number of carbonyl (C=O) groups is 2. The Bertz CT molecular complexity index is 631. The Morgan fingerprint density at radius 1 is 1.28 bits per heavy atom. The van der Waals surface area contributed by atoms with Gasteiger partial charge in [0.25, 0.3) is 0 Å². The van der Waals surface area contributed by atoms with Crippen molar-refractivity contribution < 1.29 is 14.3 Å². The molecule has 0 spiro atoms. The Balaban J connectivity index is 1.65. The molecule has 1 aromatic carbocycles. The molecule has 0 aliphatic carbocycles. The molecule has 1 N–H and O–H groups in total. The van der Waals surface area contributed by atoms with Crippen molar-refractivity contribution in [3.05, 3.63) is 29.8 Å². The van der Waals surface area contributed by atoms with Gasteiger partial charge in [-0.3, -0.25) is 14.5 Å². The van der Waals surface area contributed by atoms with Crippen molar-refractivity contribution in [2.45, 2.75) is 51.9 Å². The molecule has 1 aromatic rings. The van der Waals surface area contributed by atoms with Crippen LogP contribution in [0.1, 0.15) is 32.8 Å². The quantitative estimate of drug-likeness (QED) is 0.876. The van der Waals surface area contributed by atoms with Crippen LogP contribution in [0.25, 0.3) is 0 Å². The predicted molar refractivity (Wildman–Crippen MR) is 95.2 cm³/mol. The van der Waals surface area contributed by atoms with E-state index in [1.54, 1.807) is 0 Å². The van der Waals surface area contributed by atoms with E-state index in [0.29, 0.717) is 13.2 Å². The van der Waals surface area contributed by atoms with E-state index < -0.39 is 0 Å². The zero-order valence-electron chi connectivity index (χ0n) is 15.2. The maximum absolute atomic E-state index is 12.7. The number of hydrogen-bond acceptors (Lipinski definition) is 4. The number of carbonyl (C=O) groups excluding carboxylic acids is 2. The number of fused-ring (bicyclic) bond motifs is 1. The van der Waals surface area contributed by atoms with Gasteiger partial charge in [-0.1, -0.05) is 12.1 Å². The fraction of sp³-hybridized carbons (Fsp3) is 0.579. The van der Waals surface area contributed by atoms with Crippen LogP contribution in [0.3, 0.4) is 0 Å². The topological polar surface area (TPSA) is 61.9 Å². The molecule has 2 fully saturated rings. The Kier molecular flexibility index (Phi) is 5.27. The summed E-state index contributed by atoms with van der Waals surface area (Å²) in [6.45, 7) is 8.34. The lowest BCUT2D eigenvalue weighted by Crippen LogP contribution is -2.58. The first-order chi connectivity index (χ1) is 12.0. The maximum atomic E-state index is 12.7. The molecule has 3 atom stereocenters. The molecule has 6 heteroatoms. The van der Waals surface area contributed by atoms with Crippen molar-refractivity contribution in [2.24, 2.45) is 0 Å². The van der Waals surface area contributed by atoms with Gasteiger partial charge in [-0.25, -0.2) is 0 Å². The SMILES string of the molecule is CCOc1ccc(CN2C[C@@H]3C[C@H](NC(C)=O)CN3C(=O)[C@@H]2C)cc1. The molecule has 6 nitrogen and oxygen atoms in total. The lowest BCUT2D eigenvalue weighted by molar-refractivity contribution is -0.143. The summed E-state index contributed by atoms with van der Waals surface area (Å²) in [7, 11) is 0. The lowest BCUT2D eigenvalue weighted by Gasteiger charge is -2.41. The average Bonchev–Trinajstić information content (AvgIpc) is 2.96. The van der Waals surface area contributed by atoms with Crippen LogP contribution in [0.15, 0.2) is 24.3 Å². The number of hydrogen-bond donors (Lipinski definition) is 1. The largest absolute Gasteiger partial charge is 0.494 e. The first-order valence-electron chi connectivity index (χ1n) is 9.01. The van der Waals surface area contributed by atoms with Crippen LogP contribution in [-0.2, 0) is 16.1 Å². The zero-order valence-corrected chi connectivity index (χ0v) is 15.2. The van der Waals surface area contributed by atoms with Gasteiger partial charge < -0.3 is 15.0 Å². The molecule has 0 bridgehead atoms. The minimum atomic E-state index is -0.140. The van der Waals surface area contributed by atoms with Crippen molar-refractivity contribution in [1.29, 1.82) is 0 Å². The fourth-order valence-electron chi connectivity index (χ4n) is 3.87. The predicted octanol–water partition coefficient (Wildman–Crippen LogP) is 1.40. The van der Waals surface area contributed by atoms with Crippen LogP contribution in [0.4, 0.5) is 0 Å². The summed E-state index contributed by atoms with van der Waals surface area (Å²) in [5, 5.41) is 2.95. The Hall–Kier alpha value is -2.08. The number of nitrogens with one attached hydrogen (secondary N) is 1. The maximum Gasteiger partial charge on any atom is 0.240 e. The second-order valence-electron chi connectivity index (χ2n) is 6.96. The van der Waals surface area contributed by atoms with Crippen LogP contribution < -0.4 is 10.1 Å². The van der Waals surface area contributed by atoms with Gasteiger partial charge in [-0.15, -0.1) is 0 Å². The van der Waals surface area contributed by atoms with E-state index in [0.717, 1.165) is 25.3 Å². The molecular weight excluding hydrogens is 318 g/mol. The van der Waals surface area contributed by atoms with Gasteiger partial charge in [0, 0.05) is 38.6 Å². The number of amides is 2. The van der Waals surface area contributed by atoms with Gasteiger partial charge in [0.15, 0.2) is 0 Å². The van der Waals surface area contributed by atoms with E-state index in [9.17, 15) is 9.59 Å². The second kappa shape index (κ2) is 7.44. The van der Waals surface area contributed by atoms with Crippen LogP contribution >= 0.6 is 0 Å². The van der Waals surface area contributed by atoms with E-state index in [1.807, 2.05) is 30.9 Å². The summed E-state index contributed by atoms with van der Waals surface area (Å²) in [6, 6.07) is 8.19. The van der Waals surface area contributed by atoms with Crippen molar-refractivity contribution in [1.82, 2.24) is 15.1 Å². The molecule has 136 valence electrons. The second-order valence-corrected chi connectivity index (χ2v) is 6.96. The Labute approximate surface area is 149 Å². The first kappa shape index (κ1) is 17.7. The first-order valence-corrected chi connectivity index (χ1v) is 9.01. The number of nitrogens with zero attached hydrogens (tertiary/aromatic N) is 2. The highest BCUT2D eigenvalue weighted by Crippen LogP contribution is 2.27. The van der Waals surface area contributed by atoms with E-state index in [1.165, 1.54) is 12.5 Å². The summed E-state index contributed by atoms with van der Waals surface area (Å²) >= 11 is 0. The zero-order chi connectivity index (χ0) is 18.0. The molecule has 2 heterocycles. The van der Waals surface area contributed by atoms with Crippen molar-refractivity contribution >= 4 is 11.8 Å². The normalized spacial score (nSPS) is 26.4. The van der Waals surface area contributed by atoms with Crippen LogP contribution in [0.2, 0.25) is 0 Å². The molecule has 2 aliphatic heterocycles. The third kappa shape index (κ3) is 3.95. The molecular formula is C19H27N3O3. The van der Waals surface area contributed by atoms with Gasteiger partial charge >= 0.3 is 0 Å². The van der Waals surface area contributed by atoms with Crippen molar-refractivity contribution in [3.63, 3.8) is 0 Å². The minimum Gasteiger partial charge on any atom is -0.494 e. The number of benzene rings is 1. The van der Waals surface area contributed by atoms with E-state index in [2.05, 4.69) is 22.3 Å². The fourth-order valence-corrected chi connectivity index (χ4v) is 3.87. The third-order valence-corrected chi connectivity index (χ3v) is 5.08. The van der Waals surface area contributed by atoms with Crippen LogP contribution in [0, 0.1) is 0 Å². The summed E-state index contributed by atoms with van der Waals surface area (Å²) in [4.78, 5) is 28.2. The molecule has 0 unspecified atom stereocenters. The third-order valence-electron chi connectivity index (χ3n) is 5.08. The molecule has 2 saturated heterocycles. The molecule has 2 amide bonds. The Morgan fingerprint density at radius 3 is 2.64 bits per heavy atom. The average molecular weight is 345 g/mol. The van der Waals surface area contributed by atoms with Gasteiger partial charge in [0.2, 0.25) is 11.8 Å². The highest BCUT2D eigenvalue weighted by atomic mass is 16.5. The molecule has 25 heavy (non-hydrogen) atoms. The minimum absolute atomic E-state index is 0.0309. The molecule has 0 aromatic heterocycles. The smallest absolute Gasteiger partial charge is 0.240 e. The summed E-state index contributed by atoms with van der Waals surface area (Å²) in [5.74, 6) is 1.00. The van der Waals surface area contributed by atoms with Crippen molar-refractivity contribution in [2.75, 3.05) is 19.7 Å². The summed E-state index contributed by atoms with van der Waals surface area (Å²) in [5.41, 5.74) is 1.17. The standard InChI is InChI=1S/C19H27N3O3/c1-4-25-18-7-5-15(6-8-18)10-21-12-17-9-16(20-14(3)23)11-22(17)19(24)13(21)2/h5-8,13,16-17H,4,9-12H2,1-3H3,(H,20,23)/t13-,16-,17-/m0/s1. The van der Waals surface area contributed by atoms with E-state index >= 15 is 0 Å². The number of rotatable bonds is 5. The highest BCUT2D eigenvalue weighted by molar-refractivity contribution is 5.83. The number of ether oxygens (including phenoxy) is 1. The molecule has 0 saturated carbocycles. The monoisotopic (exact) mass is 345 g/mol. The van der Waals surface area contributed by atoms with Gasteiger partial charge in [-0.05, 0) is 38.0 Å². The summed E-state index contributed by atoms with van der Waals surface area (Å²) in [6.07, 6.45) is 0.831. The number of piperazine rings is 1.